The second-order valence-corrected chi connectivity index (χ2v) is 9.82. The summed E-state index contributed by atoms with van der Waals surface area (Å²) in [4.78, 5) is 12.8. The van der Waals surface area contributed by atoms with Gasteiger partial charge >= 0.3 is 0 Å². The SMILES string of the molecule is O=C1Nc2ccc(F)cc2C1=Cc1oc2c(c1CS(=O)(=O)c1ccccc1)CCCC2. The van der Waals surface area contributed by atoms with Crippen molar-refractivity contribution in [2.45, 2.75) is 36.3 Å². The molecule has 0 radical (unpaired) electrons. The standard InChI is InChI=1S/C24H20FNO4S/c25-15-10-11-21-18(12-15)19(24(27)26-21)13-23-20(17-8-4-5-9-22(17)30-23)14-31(28,29)16-6-2-1-3-7-16/h1-3,6-7,10-13H,4-5,8-9,14H2,(H,26,27). The van der Waals surface area contributed by atoms with Crippen molar-refractivity contribution in [3.8, 4) is 0 Å². The molecule has 0 atom stereocenters. The largest absolute Gasteiger partial charge is 0.461 e. The van der Waals surface area contributed by atoms with E-state index in [1.807, 2.05) is 0 Å². The highest BCUT2D eigenvalue weighted by atomic mass is 32.2. The van der Waals surface area contributed by atoms with Gasteiger partial charge in [-0.25, -0.2) is 12.8 Å². The summed E-state index contributed by atoms with van der Waals surface area (Å²) in [5.41, 5.74) is 2.72. The Morgan fingerprint density at radius 2 is 1.84 bits per heavy atom. The molecule has 0 unspecified atom stereocenters. The number of carbonyl (C=O) groups excluding carboxylic acids is 1. The van der Waals surface area contributed by atoms with Gasteiger partial charge in [-0.05, 0) is 61.2 Å². The van der Waals surface area contributed by atoms with Crippen LogP contribution in [0.1, 0.15) is 41.1 Å². The average Bonchev–Trinajstić information content (AvgIpc) is 3.26. The number of furan rings is 1. The zero-order chi connectivity index (χ0) is 21.6. The number of hydrogen-bond donors (Lipinski definition) is 1. The van der Waals surface area contributed by atoms with E-state index in [0.717, 1.165) is 37.0 Å². The van der Waals surface area contributed by atoms with Gasteiger partial charge < -0.3 is 9.73 Å². The minimum absolute atomic E-state index is 0.216. The number of anilines is 1. The molecule has 7 heteroatoms. The van der Waals surface area contributed by atoms with Crippen molar-refractivity contribution in [3.05, 3.63) is 82.6 Å². The van der Waals surface area contributed by atoms with Crippen LogP contribution in [-0.2, 0) is 33.2 Å². The molecule has 0 spiro atoms. The third-order valence-corrected chi connectivity index (χ3v) is 7.45. The Bertz CT molecular complexity index is 1320. The molecule has 0 fully saturated rings. The number of nitrogens with one attached hydrogen (secondary N) is 1. The van der Waals surface area contributed by atoms with Crippen LogP contribution in [0.15, 0.2) is 57.8 Å². The van der Waals surface area contributed by atoms with E-state index in [2.05, 4.69) is 5.32 Å². The maximum absolute atomic E-state index is 13.8. The highest BCUT2D eigenvalue weighted by Crippen LogP contribution is 2.38. The van der Waals surface area contributed by atoms with Crippen LogP contribution in [0.2, 0.25) is 0 Å². The van der Waals surface area contributed by atoms with Gasteiger partial charge in [-0.15, -0.1) is 0 Å². The van der Waals surface area contributed by atoms with Crippen LogP contribution in [0.4, 0.5) is 10.1 Å². The number of fused-ring (bicyclic) bond motifs is 2. The van der Waals surface area contributed by atoms with Gasteiger partial charge in [0.15, 0.2) is 9.84 Å². The number of sulfone groups is 1. The fourth-order valence-electron chi connectivity index (χ4n) is 4.26. The van der Waals surface area contributed by atoms with Crippen molar-refractivity contribution in [1.29, 1.82) is 0 Å². The third-order valence-electron chi connectivity index (χ3n) is 5.79. The summed E-state index contributed by atoms with van der Waals surface area (Å²) in [6.07, 6.45) is 4.94. The number of hydrogen-bond acceptors (Lipinski definition) is 4. The van der Waals surface area contributed by atoms with E-state index in [1.165, 1.54) is 18.2 Å². The predicted molar refractivity (Wildman–Crippen MR) is 116 cm³/mol. The van der Waals surface area contributed by atoms with Crippen molar-refractivity contribution in [1.82, 2.24) is 0 Å². The lowest BCUT2D eigenvalue weighted by molar-refractivity contribution is -0.110. The first-order chi connectivity index (χ1) is 14.9. The predicted octanol–water partition coefficient (Wildman–Crippen LogP) is 4.76. The van der Waals surface area contributed by atoms with Crippen LogP contribution in [0.3, 0.4) is 0 Å². The first kappa shape index (κ1) is 19.8. The summed E-state index contributed by atoms with van der Waals surface area (Å²) in [6.45, 7) is 0. The quantitative estimate of drug-likeness (QED) is 0.597. The Kier molecular flexibility index (Phi) is 4.78. The van der Waals surface area contributed by atoms with E-state index in [4.69, 9.17) is 4.42 Å². The normalized spacial score (nSPS) is 16.8. The van der Waals surface area contributed by atoms with E-state index in [1.54, 1.807) is 36.4 Å². The summed E-state index contributed by atoms with van der Waals surface area (Å²) in [7, 11) is -3.60. The highest BCUT2D eigenvalue weighted by Gasteiger charge is 2.29. The maximum atomic E-state index is 13.8. The second-order valence-electron chi connectivity index (χ2n) is 7.83. The van der Waals surface area contributed by atoms with Gasteiger partial charge in [-0.2, -0.15) is 0 Å². The summed E-state index contributed by atoms with van der Waals surface area (Å²) < 4.78 is 46.0. The van der Waals surface area contributed by atoms with Crippen molar-refractivity contribution >= 4 is 33.1 Å². The van der Waals surface area contributed by atoms with E-state index in [9.17, 15) is 17.6 Å². The summed E-state index contributed by atoms with van der Waals surface area (Å²) in [6, 6.07) is 12.4. The van der Waals surface area contributed by atoms with Gasteiger partial charge in [-0.3, -0.25) is 4.79 Å². The number of aryl methyl sites for hydroxylation is 1. The summed E-state index contributed by atoms with van der Waals surface area (Å²) in [5, 5.41) is 2.72. The van der Waals surface area contributed by atoms with Gasteiger partial charge in [0.2, 0.25) is 0 Å². The minimum Gasteiger partial charge on any atom is -0.461 e. The van der Waals surface area contributed by atoms with Gasteiger partial charge in [0.05, 0.1) is 16.2 Å². The number of amides is 1. The molecular weight excluding hydrogens is 417 g/mol. The van der Waals surface area contributed by atoms with Gasteiger partial charge in [-0.1, -0.05) is 18.2 Å². The summed E-state index contributed by atoms with van der Waals surface area (Å²) >= 11 is 0. The maximum Gasteiger partial charge on any atom is 0.256 e. The zero-order valence-corrected chi connectivity index (χ0v) is 17.5. The van der Waals surface area contributed by atoms with Crippen LogP contribution in [0, 0.1) is 5.82 Å². The van der Waals surface area contributed by atoms with E-state index in [0.29, 0.717) is 22.6 Å². The lowest BCUT2D eigenvalue weighted by Crippen LogP contribution is -2.09. The number of rotatable bonds is 4. The lowest BCUT2D eigenvalue weighted by Gasteiger charge is -2.11. The molecule has 2 heterocycles. The monoisotopic (exact) mass is 437 g/mol. The van der Waals surface area contributed by atoms with Crippen LogP contribution < -0.4 is 5.32 Å². The Morgan fingerprint density at radius 3 is 2.65 bits per heavy atom. The first-order valence-corrected chi connectivity index (χ1v) is 11.8. The van der Waals surface area contributed by atoms with Crippen molar-refractivity contribution in [2.75, 3.05) is 5.32 Å². The molecule has 1 aromatic heterocycles. The number of benzene rings is 2. The molecule has 2 aromatic carbocycles. The van der Waals surface area contributed by atoms with E-state index >= 15 is 0 Å². The Balaban J connectivity index is 1.63. The minimum atomic E-state index is -3.60. The van der Waals surface area contributed by atoms with Crippen molar-refractivity contribution in [2.24, 2.45) is 0 Å². The smallest absolute Gasteiger partial charge is 0.256 e. The van der Waals surface area contributed by atoms with E-state index < -0.39 is 15.7 Å². The molecule has 2 aliphatic rings. The van der Waals surface area contributed by atoms with E-state index in [-0.39, 0.29) is 22.1 Å². The average molecular weight is 437 g/mol. The Labute approximate surface area is 179 Å². The van der Waals surface area contributed by atoms with Crippen LogP contribution in [0.5, 0.6) is 0 Å². The highest BCUT2D eigenvalue weighted by molar-refractivity contribution is 7.90. The topological polar surface area (TPSA) is 76.4 Å². The Hall–Kier alpha value is -3.19. The zero-order valence-electron chi connectivity index (χ0n) is 16.7. The molecule has 0 saturated heterocycles. The third kappa shape index (κ3) is 3.59. The second kappa shape index (κ2) is 7.50. The van der Waals surface area contributed by atoms with Gasteiger partial charge in [0, 0.05) is 23.2 Å². The fraction of sp³-hybridized carbons (Fsp3) is 0.208. The molecule has 0 bridgehead atoms. The Morgan fingerprint density at radius 1 is 1.06 bits per heavy atom. The molecule has 0 saturated carbocycles. The first-order valence-electron chi connectivity index (χ1n) is 10.2. The molecule has 5 nitrogen and oxygen atoms in total. The molecule has 5 rings (SSSR count). The van der Waals surface area contributed by atoms with Crippen LogP contribution in [-0.4, -0.2) is 14.3 Å². The van der Waals surface area contributed by atoms with Gasteiger partial charge in [0.25, 0.3) is 5.91 Å². The summed E-state index contributed by atoms with van der Waals surface area (Å²) in [5.74, 6) is 0.0913. The molecule has 1 aliphatic carbocycles. The molecule has 1 aliphatic heterocycles. The number of carbonyl (C=O) groups is 1. The lowest BCUT2D eigenvalue weighted by atomic mass is 9.95. The van der Waals surface area contributed by atoms with Crippen molar-refractivity contribution in [3.63, 3.8) is 0 Å². The number of halogens is 1. The molecule has 1 amide bonds. The van der Waals surface area contributed by atoms with Crippen LogP contribution in [0.25, 0.3) is 11.6 Å². The molecule has 1 N–H and O–H groups in total. The van der Waals surface area contributed by atoms with Gasteiger partial charge in [0.1, 0.15) is 17.3 Å². The fourth-order valence-corrected chi connectivity index (χ4v) is 5.70. The molecule has 3 aromatic rings. The molecule has 31 heavy (non-hydrogen) atoms. The van der Waals surface area contributed by atoms with Crippen molar-refractivity contribution < 1.29 is 22.0 Å². The molecule has 158 valence electrons. The van der Waals surface area contributed by atoms with Crippen LogP contribution >= 0.6 is 0 Å². The molecular formula is C24H20FNO4S.